The average molecular weight is 375 g/mol. The average Bonchev–Trinajstić information content (AvgIpc) is 2.67. The van der Waals surface area contributed by atoms with E-state index in [4.69, 9.17) is 5.11 Å². The lowest BCUT2D eigenvalue weighted by molar-refractivity contribution is 0.0696. The standard InChI is InChI=1S/C12H11BrN2O5S/c13-8-3-7(11(16)17)4-10(5-8)15-12(18)14-9-1-2-21(19,20)6-9/h1-5,9H,6H2,(H,16,17)(H2,14,15,18). The second kappa shape index (κ2) is 5.86. The second-order valence-corrected chi connectivity index (χ2v) is 7.24. The number of hydrogen-bond acceptors (Lipinski definition) is 4. The topological polar surface area (TPSA) is 113 Å². The van der Waals surface area contributed by atoms with Crippen molar-refractivity contribution in [2.75, 3.05) is 11.1 Å². The number of benzene rings is 1. The van der Waals surface area contributed by atoms with Crippen LogP contribution < -0.4 is 10.6 Å². The molecule has 112 valence electrons. The molecule has 0 saturated carbocycles. The van der Waals surface area contributed by atoms with E-state index in [0.29, 0.717) is 4.47 Å². The summed E-state index contributed by atoms with van der Waals surface area (Å²) in [6, 6.07) is 3.02. The third-order valence-electron chi connectivity index (χ3n) is 2.65. The third kappa shape index (κ3) is 4.30. The number of rotatable bonds is 3. The zero-order valence-corrected chi connectivity index (χ0v) is 12.9. The van der Waals surface area contributed by atoms with E-state index in [2.05, 4.69) is 26.6 Å². The Balaban J connectivity index is 2.03. The first-order valence-corrected chi connectivity index (χ1v) is 8.28. The zero-order chi connectivity index (χ0) is 15.6. The van der Waals surface area contributed by atoms with Crippen LogP contribution in [0.25, 0.3) is 0 Å². The van der Waals surface area contributed by atoms with Crippen molar-refractivity contribution in [3.63, 3.8) is 0 Å². The molecular weight excluding hydrogens is 364 g/mol. The molecule has 0 radical (unpaired) electrons. The number of urea groups is 1. The molecule has 7 nitrogen and oxygen atoms in total. The van der Waals surface area contributed by atoms with Crippen molar-refractivity contribution >= 4 is 43.5 Å². The Hall–Kier alpha value is -1.87. The number of carboxylic acids is 1. The van der Waals surface area contributed by atoms with Crippen LogP contribution in [0.2, 0.25) is 0 Å². The molecule has 1 aliphatic rings. The lowest BCUT2D eigenvalue weighted by Gasteiger charge is -2.12. The first-order valence-electron chi connectivity index (χ1n) is 5.77. The number of sulfone groups is 1. The number of carbonyl (C=O) groups excluding carboxylic acids is 1. The van der Waals surface area contributed by atoms with Gasteiger partial charge in [0.15, 0.2) is 9.84 Å². The molecule has 3 N–H and O–H groups in total. The molecule has 1 aliphatic heterocycles. The van der Waals surface area contributed by atoms with E-state index >= 15 is 0 Å². The van der Waals surface area contributed by atoms with Crippen LogP contribution in [0, 0.1) is 0 Å². The number of halogens is 1. The maximum Gasteiger partial charge on any atom is 0.335 e. The molecule has 0 bridgehead atoms. The molecule has 0 aliphatic carbocycles. The molecule has 1 heterocycles. The van der Waals surface area contributed by atoms with Crippen molar-refractivity contribution in [2.24, 2.45) is 0 Å². The van der Waals surface area contributed by atoms with Gasteiger partial charge >= 0.3 is 12.0 Å². The molecule has 0 spiro atoms. The van der Waals surface area contributed by atoms with Crippen LogP contribution in [0.1, 0.15) is 10.4 Å². The van der Waals surface area contributed by atoms with Gasteiger partial charge in [-0.3, -0.25) is 0 Å². The highest BCUT2D eigenvalue weighted by Crippen LogP contribution is 2.20. The molecule has 1 aromatic rings. The molecule has 2 rings (SSSR count). The summed E-state index contributed by atoms with van der Waals surface area (Å²) in [7, 11) is -3.25. The van der Waals surface area contributed by atoms with E-state index < -0.39 is 27.9 Å². The van der Waals surface area contributed by atoms with Crippen LogP contribution in [-0.2, 0) is 9.84 Å². The summed E-state index contributed by atoms with van der Waals surface area (Å²) in [6.07, 6.45) is 1.39. The Morgan fingerprint density at radius 1 is 1.29 bits per heavy atom. The predicted molar refractivity (Wildman–Crippen MR) is 80.0 cm³/mol. The fraction of sp³-hybridized carbons (Fsp3) is 0.167. The van der Waals surface area contributed by atoms with Crippen molar-refractivity contribution in [1.29, 1.82) is 0 Å². The lowest BCUT2D eigenvalue weighted by Crippen LogP contribution is -2.38. The number of hydrogen-bond donors (Lipinski definition) is 3. The highest BCUT2D eigenvalue weighted by atomic mass is 79.9. The van der Waals surface area contributed by atoms with Crippen LogP contribution in [0.3, 0.4) is 0 Å². The van der Waals surface area contributed by atoms with Gasteiger partial charge in [-0.2, -0.15) is 0 Å². The Morgan fingerprint density at radius 3 is 2.57 bits per heavy atom. The first-order chi connectivity index (χ1) is 9.75. The van der Waals surface area contributed by atoms with Crippen LogP contribution in [0.4, 0.5) is 10.5 Å². The van der Waals surface area contributed by atoms with E-state index in [1.165, 1.54) is 24.3 Å². The SMILES string of the molecule is O=C(Nc1cc(Br)cc(C(=O)O)c1)NC1C=CS(=O)(=O)C1. The minimum absolute atomic E-state index is 0.0167. The van der Waals surface area contributed by atoms with Gasteiger partial charge < -0.3 is 15.7 Å². The fourth-order valence-corrected chi connectivity index (χ4v) is 3.52. The number of nitrogens with one attached hydrogen (secondary N) is 2. The molecule has 9 heteroatoms. The van der Waals surface area contributed by atoms with Crippen molar-refractivity contribution < 1.29 is 23.1 Å². The second-order valence-electron chi connectivity index (χ2n) is 4.40. The monoisotopic (exact) mass is 374 g/mol. The van der Waals surface area contributed by atoms with Gasteiger partial charge in [0.2, 0.25) is 0 Å². The van der Waals surface area contributed by atoms with E-state index in [1.807, 2.05) is 0 Å². The van der Waals surface area contributed by atoms with Gasteiger partial charge in [0.1, 0.15) is 0 Å². The summed E-state index contributed by atoms with van der Waals surface area (Å²) in [5, 5.41) is 14.9. The summed E-state index contributed by atoms with van der Waals surface area (Å²) in [4.78, 5) is 22.7. The van der Waals surface area contributed by atoms with Gasteiger partial charge in [-0.1, -0.05) is 15.9 Å². The summed E-state index contributed by atoms with van der Waals surface area (Å²) in [6.45, 7) is 0. The van der Waals surface area contributed by atoms with Crippen LogP contribution in [-0.4, -0.2) is 37.3 Å². The van der Waals surface area contributed by atoms with Gasteiger partial charge in [0.25, 0.3) is 0 Å². The minimum Gasteiger partial charge on any atom is -0.478 e. The molecule has 0 saturated heterocycles. The highest BCUT2D eigenvalue weighted by molar-refractivity contribution is 9.10. The van der Waals surface area contributed by atoms with Gasteiger partial charge in [-0.25, -0.2) is 18.0 Å². The molecule has 1 unspecified atom stereocenters. The Labute approximate surface area is 129 Å². The number of amides is 2. The Morgan fingerprint density at radius 2 is 2.00 bits per heavy atom. The van der Waals surface area contributed by atoms with Crippen molar-refractivity contribution in [3.05, 3.63) is 39.7 Å². The Bertz CT molecular complexity index is 729. The van der Waals surface area contributed by atoms with E-state index in [1.54, 1.807) is 0 Å². The maximum absolute atomic E-state index is 11.8. The summed E-state index contributed by atoms with van der Waals surface area (Å²) < 4.78 is 22.9. The minimum atomic E-state index is -3.25. The predicted octanol–water partition coefficient (Wildman–Crippen LogP) is 1.58. The fourth-order valence-electron chi connectivity index (χ4n) is 1.79. The smallest absolute Gasteiger partial charge is 0.335 e. The van der Waals surface area contributed by atoms with Crippen molar-refractivity contribution in [2.45, 2.75) is 6.04 Å². The lowest BCUT2D eigenvalue weighted by atomic mass is 10.2. The van der Waals surface area contributed by atoms with Gasteiger partial charge in [0, 0.05) is 15.6 Å². The van der Waals surface area contributed by atoms with Crippen molar-refractivity contribution in [3.8, 4) is 0 Å². The Kier molecular flexibility index (Phi) is 4.33. The molecule has 0 aromatic heterocycles. The molecule has 21 heavy (non-hydrogen) atoms. The number of carbonyl (C=O) groups is 2. The van der Waals surface area contributed by atoms with E-state index in [9.17, 15) is 18.0 Å². The normalized spacial score (nSPS) is 19.2. The van der Waals surface area contributed by atoms with Crippen molar-refractivity contribution in [1.82, 2.24) is 5.32 Å². The quantitative estimate of drug-likeness (QED) is 0.743. The van der Waals surface area contributed by atoms with Gasteiger partial charge in [-0.05, 0) is 24.3 Å². The summed E-state index contributed by atoms with van der Waals surface area (Å²) in [5.74, 6) is -1.30. The molecular formula is C12H11BrN2O5S. The molecule has 1 aromatic carbocycles. The van der Waals surface area contributed by atoms with Gasteiger partial charge in [-0.15, -0.1) is 0 Å². The maximum atomic E-state index is 11.8. The number of aromatic carboxylic acids is 1. The zero-order valence-electron chi connectivity index (χ0n) is 10.5. The number of anilines is 1. The number of carboxylic acid groups (broad SMARTS) is 1. The largest absolute Gasteiger partial charge is 0.478 e. The van der Waals surface area contributed by atoms with Gasteiger partial charge in [0.05, 0.1) is 17.4 Å². The third-order valence-corrected chi connectivity index (χ3v) is 4.50. The molecule has 2 amide bonds. The molecule has 1 atom stereocenters. The van der Waals surface area contributed by atoms with E-state index in [0.717, 1.165) is 5.41 Å². The van der Waals surface area contributed by atoms with Crippen LogP contribution in [0.15, 0.2) is 34.2 Å². The molecule has 0 fully saturated rings. The summed E-state index contributed by atoms with van der Waals surface area (Å²) >= 11 is 3.15. The van der Waals surface area contributed by atoms with E-state index in [-0.39, 0.29) is 17.0 Å². The van der Waals surface area contributed by atoms with Crippen LogP contribution >= 0.6 is 15.9 Å². The summed E-state index contributed by atoms with van der Waals surface area (Å²) in [5.41, 5.74) is 0.298. The first kappa shape index (κ1) is 15.5. The highest BCUT2D eigenvalue weighted by Gasteiger charge is 2.23. The van der Waals surface area contributed by atoms with Crippen LogP contribution in [0.5, 0.6) is 0 Å².